The molecule has 11 rings (SSSR count). The van der Waals surface area contributed by atoms with Crippen LogP contribution in [-0.2, 0) is 150 Å². The van der Waals surface area contributed by atoms with Crippen LogP contribution in [0.3, 0.4) is 0 Å². The summed E-state index contributed by atoms with van der Waals surface area (Å²) in [6, 6.07) is 15.6. The predicted molar refractivity (Wildman–Crippen MR) is 520 cm³/mol. The van der Waals surface area contributed by atoms with Crippen LogP contribution in [0.2, 0.25) is 0 Å². The molecule has 7 heterocycles. The Hall–Kier alpha value is -12.2. The Balaban J connectivity index is 0.822. The van der Waals surface area contributed by atoms with Crippen molar-refractivity contribution in [2.45, 2.75) is 216 Å². The van der Waals surface area contributed by atoms with Crippen LogP contribution in [-0.4, -0.2) is 349 Å². The van der Waals surface area contributed by atoms with E-state index in [-0.39, 0.29) is 219 Å². The van der Waals surface area contributed by atoms with Crippen LogP contribution in [0.1, 0.15) is 150 Å². The van der Waals surface area contributed by atoms with Gasteiger partial charge in [0.15, 0.2) is 0 Å². The average molecular weight is 2000 g/mol. The smallest absolute Gasteiger partial charge is 0.303 e. The van der Waals surface area contributed by atoms with E-state index in [1.54, 1.807) is 67.7 Å². The highest BCUT2D eigenvalue weighted by atomic mass is 19.1. The number of amides is 14. The first kappa shape index (κ1) is 113. The zero-order chi connectivity index (χ0) is 103. The number of carboxylic acid groups (broad SMARTS) is 1. The minimum absolute atomic E-state index is 0.0799. The van der Waals surface area contributed by atoms with E-state index in [1.165, 1.54) is 31.1 Å². The molecule has 6 aliphatic heterocycles. The normalized spacial score (nSPS) is 21.4. The third kappa shape index (κ3) is 37.5. The van der Waals surface area contributed by atoms with Crippen molar-refractivity contribution in [3.8, 4) is 5.75 Å². The Bertz CT molecular complexity index is 5070. The highest BCUT2D eigenvalue weighted by molar-refractivity contribution is 6.00. The lowest BCUT2D eigenvalue weighted by atomic mass is 9.95. The third-order valence-corrected chi connectivity index (χ3v) is 25.9. The molecule has 4 aromatic carbocycles. The number of methoxy groups -OCH3 is 1. The Kier molecular flexibility index (Phi) is 46.2. The van der Waals surface area contributed by atoms with Crippen molar-refractivity contribution in [2.24, 2.45) is 0 Å². The van der Waals surface area contributed by atoms with Crippen LogP contribution in [0.4, 0.5) is 4.39 Å². The number of quaternary nitrogens is 1. The second-order valence-electron chi connectivity index (χ2n) is 37.5. The molecule has 12 bridgehead atoms. The molecule has 0 radical (unpaired) electrons. The summed E-state index contributed by atoms with van der Waals surface area (Å²) >= 11 is 0. The summed E-state index contributed by atoms with van der Waals surface area (Å²) in [6.07, 6.45) is 2.82. The zero-order valence-corrected chi connectivity index (χ0v) is 82.8. The Morgan fingerprint density at radius 1 is 0.566 bits per heavy atom. The Morgan fingerprint density at radius 3 is 1.93 bits per heavy atom. The molecular weight excluding hydrogens is 1860 g/mol. The molecule has 6 aliphatic rings. The number of carboxylic acids is 1. The lowest BCUT2D eigenvalue weighted by Crippen LogP contribution is -2.64. The fourth-order valence-corrected chi connectivity index (χ4v) is 17.7. The van der Waals surface area contributed by atoms with Crippen LogP contribution in [0.5, 0.6) is 5.75 Å². The lowest BCUT2D eigenvalue weighted by Gasteiger charge is -2.37. The fraction of sp³-hybridized carbons (Fsp3) is 0.594. The molecule has 9 atom stereocenters. The van der Waals surface area contributed by atoms with Gasteiger partial charge in [-0.25, -0.2) is 4.39 Å². The second kappa shape index (κ2) is 58.6. The molecule has 42 heteroatoms. The molecule has 14 amide bonds. The predicted octanol–water partition coefficient (Wildman–Crippen LogP) is 1.13. The fourth-order valence-electron chi connectivity index (χ4n) is 17.7. The number of benzene rings is 4. The van der Waals surface area contributed by atoms with Crippen LogP contribution in [0.15, 0.2) is 97.2 Å². The number of halogens is 1. The van der Waals surface area contributed by atoms with E-state index in [0.717, 1.165) is 16.0 Å². The number of rotatable bonds is 38. The largest absolute Gasteiger partial charge is 0.497 e. The van der Waals surface area contributed by atoms with Gasteiger partial charge < -0.3 is 130 Å². The number of fused-ring (bicyclic) bond motifs is 16. The molecule has 2 fully saturated rings. The number of aliphatic hydroxyl groups is 1. The number of carbonyl (C=O) groups excluding carboxylic acids is 14. The SMILES string of the molecule is COc1ccc(C[C@@H]2NC(=O)[C@H]([C@@H](C)O)NC(=O)[C@@H]3[C@@H]4CCN3C(=O)[C@@H]3Cc5cn(c6ccc(F)cc56)CCCCCCN(Cc5ccc(cc5)CCNC(=O)[C@]5(C)CCCN5C2=O)C(=O)CCCCCC(=O)N[C@H](CNC(=O)CCOCCOCC[N+](C)(C)CCNC(=O)COCCOCCNC(=O)COCCOCCNC(=O)CCCC(=O)O)C(=O)N[C@@H](Cc2cccc(c2)CNC(=O)CO4)C(=O)N3)cc1. The first-order chi connectivity index (χ1) is 68.8. The maximum Gasteiger partial charge on any atom is 0.303 e. The average Bonchev–Trinajstić information content (AvgIpc) is 1.64. The molecule has 0 aliphatic carbocycles. The minimum Gasteiger partial charge on any atom is -0.497 e. The van der Waals surface area contributed by atoms with Crippen molar-refractivity contribution in [3.05, 3.63) is 136 Å². The quantitative estimate of drug-likeness (QED) is 0.0195. The first-order valence-electron chi connectivity index (χ1n) is 49.7. The van der Waals surface area contributed by atoms with Gasteiger partial charge in [0.2, 0.25) is 82.7 Å². The molecule has 784 valence electrons. The number of hydrogen-bond donors (Lipinski definition) is 13. The monoisotopic (exact) mass is 2000 g/mol. The molecule has 0 saturated carbocycles. The zero-order valence-electron chi connectivity index (χ0n) is 82.8. The highest BCUT2D eigenvalue weighted by Crippen LogP contribution is 2.33. The first-order valence-corrected chi connectivity index (χ1v) is 49.7. The molecule has 13 N–H and O–H groups in total. The molecule has 5 aromatic rings. The van der Waals surface area contributed by atoms with Gasteiger partial charge in [-0.3, -0.25) is 71.9 Å². The van der Waals surface area contributed by atoms with E-state index in [2.05, 4.69) is 58.5 Å². The van der Waals surface area contributed by atoms with Gasteiger partial charge in [0.05, 0.1) is 113 Å². The van der Waals surface area contributed by atoms with E-state index in [9.17, 15) is 48.3 Å². The van der Waals surface area contributed by atoms with Crippen molar-refractivity contribution >= 4 is 99.6 Å². The molecule has 1 aromatic heterocycles. The van der Waals surface area contributed by atoms with Gasteiger partial charge in [-0.2, -0.15) is 0 Å². The van der Waals surface area contributed by atoms with Crippen molar-refractivity contribution in [2.75, 3.05) is 173 Å². The van der Waals surface area contributed by atoms with Crippen molar-refractivity contribution in [1.82, 2.24) is 77.8 Å². The summed E-state index contributed by atoms with van der Waals surface area (Å²) in [7, 11) is 5.45. The number of aromatic nitrogens is 1. The standard InChI is InChI=1S/C101H143FN16O25/c1-68(119)92-96(131)112-79(57-70-26-29-76(136-5)30-27-70)99(134)117-42-15-35-101(117,2)100(135)106-36-32-69-22-24-71(25-23-69)63-115-41-12-7-6-11-40-114-64-74(77-60-75(102)28-31-82(77)114)59-80-98(133)116-43-33-83(93(116)97(132)113-92)143-67-89(125)107-61-73-17-13-16-72(56-73)58-78(94(129)111-80)110-95(130)81(109-86(122)18-9-8-10-20-90(115)126)62-108-85(121)34-46-137-50-51-140-49-45-118(3,4)44-37-103-87(123)65-141-54-53-139-48-39-105-88(124)66-142-55-52-138-47-38-104-84(120)19-14-21-91(127)128/h13,16-17,22-31,56,60,64,68,78-81,83,92-93,119H,6-12,14-15,18-21,32-55,57-59,61-63,65-67H2,1-5H3,(H11-,103,104,105,106,107,108,109,110,111,112,113,120,121,122,123,124,125,127,128,129,130,131,132,135)/p+1/t68-,78+,79+,80+,81-,83+,92+,93+,101+/m1/s1. The number of aliphatic hydroxyl groups excluding tert-OH is 1. The summed E-state index contributed by atoms with van der Waals surface area (Å²) in [5.74, 6) is -9.89. The number of aryl methyl sites for hydroxylation is 1. The number of hydrogen-bond acceptors (Lipinski definition) is 24. The molecule has 0 unspecified atom stereocenters. The van der Waals surface area contributed by atoms with Crippen molar-refractivity contribution in [3.63, 3.8) is 0 Å². The van der Waals surface area contributed by atoms with E-state index >= 15 is 33.2 Å². The summed E-state index contributed by atoms with van der Waals surface area (Å²) < 4.78 is 63.4. The maximum atomic E-state index is 16.4. The summed E-state index contributed by atoms with van der Waals surface area (Å²) in [5, 5.41) is 51.6. The van der Waals surface area contributed by atoms with E-state index in [1.807, 2.05) is 47.8 Å². The number of ether oxygens (including phenoxy) is 8. The lowest BCUT2D eigenvalue weighted by molar-refractivity contribution is -0.889. The van der Waals surface area contributed by atoms with Gasteiger partial charge in [0, 0.05) is 134 Å². The molecule has 0 spiro atoms. The van der Waals surface area contributed by atoms with E-state index in [4.69, 9.17) is 43.0 Å². The topological polar surface area (TPSA) is 517 Å². The van der Waals surface area contributed by atoms with Crippen molar-refractivity contribution < 1.29 is 129 Å². The molecule has 143 heavy (non-hydrogen) atoms. The number of nitrogens with zero attached hydrogens (tertiary/aromatic N) is 5. The van der Waals surface area contributed by atoms with Crippen molar-refractivity contribution in [1.29, 1.82) is 0 Å². The summed E-state index contributed by atoms with van der Waals surface area (Å²) in [5.41, 5.74) is 2.85. The third-order valence-electron chi connectivity index (χ3n) is 25.9. The Morgan fingerprint density at radius 2 is 1.22 bits per heavy atom. The van der Waals surface area contributed by atoms with E-state index < -0.39 is 138 Å². The Labute approximate surface area is 832 Å². The van der Waals surface area contributed by atoms with Gasteiger partial charge in [-0.1, -0.05) is 79.9 Å². The van der Waals surface area contributed by atoms with Crippen LogP contribution >= 0.6 is 0 Å². The van der Waals surface area contributed by atoms with Crippen LogP contribution in [0.25, 0.3) is 10.9 Å². The highest BCUT2D eigenvalue weighted by Gasteiger charge is 2.50. The molecule has 2 saturated heterocycles. The summed E-state index contributed by atoms with van der Waals surface area (Å²) in [6.45, 7) is 6.04. The van der Waals surface area contributed by atoms with Gasteiger partial charge >= 0.3 is 5.97 Å². The number of likely N-dealkylation sites (N-methyl/N-ethyl adjacent to an activating group) is 1. The molecular formula is C101H144FN16O25+. The minimum atomic E-state index is -1.87. The van der Waals surface area contributed by atoms with Crippen LogP contribution < -0.4 is 63.2 Å². The van der Waals surface area contributed by atoms with Gasteiger partial charge in [-0.05, 0) is 135 Å². The summed E-state index contributed by atoms with van der Waals surface area (Å²) in [4.78, 5) is 217. The number of aliphatic carboxylic acids is 1. The number of nitrogens with one attached hydrogen (secondary N) is 11. The maximum absolute atomic E-state index is 16.4. The van der Waals surface area contributed by atoms with Crippen LogP contribution in [0, 0.1) is 5.82 Å². The second-order valence-corrected chi connectivity index (χ2v) is 37.5. The van der Waals surface area contributed by atoms with Gasteiger partial charge in [0.25, 0.3) is 0 Å². The van der Waals surface area contributed by atoms with E-state index in [0.29, 0.717) is 134 Å². The van der Waals surface area contributed by atoms with Gasteiger partial charge in [-0.15, -0.1) is 0 Å². The van der Waals surface area contributed by atoms with Gasteiger partial charge in [0.1, 0.15) is 79.7 Å². The molecule has 41 nitrogen and oxygen atoms in total. The number of carbonyl (C=O) groups is 15.